The lowest BCUT2D eigenvalue weighted by Crippen LogP contribution is -2.52. The molecule has 4 heteroatoms. The van der Waals surface area contributed by atoms with E-state index in [0.29, 0.717) is 0 Å². The molecule has 4 nitrogen and oxygen atoms in total. The number of anilines is 1. The van der Waals surface area contributed by atoms with E-state index in [1.807, 2.05) is 0 Å². The minimum Gasteiger partial charge on any atom is -0.394 e. The van der Waals surface area contributed by atoms with Gasteiger partial charge in [0.2, 0.25) is 0 Å². The first kappa shape index (κ1) is 15.3. The van der Waals surface area contributed by atoms with Crippen molar-refractivity contribution in [3.05, 3.63) is 29.8 Å². The Balaban J connectivity index is 2.16. The molecule has 20 heavy (non-hydrogen) atoms. The van der Waals surface area contributed by atoms with Crippen LogP contribution in [0, 0.1) is 0 Å². The largest absolute Gasteiger partial charge is 0.394 e. The van der Waals surface area contributed by atoms with E-state index in [2.05, 4.69) is 55.2 Å². The first-order chi connectivity index (χ1) is 9.59. The topological polar surface area (TPSA) is 35.9 Å². The van der Waals surface area contributed by atoms with E-state index in [-0.39, 0.29) is 12.1 Å². The van der Waals surface area contributed by atoms with E-state index < -0.39 is 0 Å². The predicted molar refractivity (Wildman–Crippen MR) is 82.1 cm³/mol. The summed E-state index contributed by atoms with van der Waals surface area (Å²) in [5.41, 5.74) is 2.39. The highest BCUT2D eigenvalue weighted by Gasteiger charge is 2.36. The monoisotopic (exact) mass is 278 g/mol. The molecule has 0 atom stereocenters. The highest BCUT2D eigenvalue weighted by molar-refractivity contribution is 5.52. The van der Waals surface area contributed by atoms with Gasteiger partial charge in [0.25, 0.3) is 0 Å². The van der Waals surface area contributed by atoms with Gasteiger partial charge in [0, 0.05) is 45.1 Å². The number of benzene rings is 1. The van der Waals surface area contributed by atoms with Crippen LogP contribution in [-0.4, -0.2) is 56.5 Å². The number of nitrogens with zero attached hydrogens (tertiary/aromatic N) is 2. The second-order valence-electron chi connectivity index (χ2n) is 5.87. The van der Waals surface area contributed by atoms with Crippen molar-refractivity contribution in [2.75, 3.05) is 45.9 Å². The van der Waals surface area contributed by atoms with Crippen LogP contribution >= 0.6 is 0 Å². The molecule has 0 saturated carbocycles. The van der Waals surface area contributed by atoms with Crippen LogP contribution in [0.1, 0.15) is 18.4 Å². The maximum atomic E-state index is 9.86. The normalized spacial score (nSPS) is 18.2. The Labute approximate surface area is 122 Å². The van der Waals surface area contributed by atoms with Crippen LogP contribution in [0.3, 0.4) is 0 Å². The average Bonchev–Trinajstić information content (AvgIpc) is 2.48. The summed E-state index contributed by atoms with van der Waals surface area (Å²) in [6.07, 6.45) is 1.79. The highest BCUT2D eigenvalue weighted by Crippen LogP contribution is 2.29. The third-order valence-corrected chi connectivity index (χ3v) is 4.41. The Kier molecular flexibility index (Phi) is 5.02. The quantitative estimate of drug-likeness (QED) is 0.890. The van der Waals surface area contributed by atoms with Gasteiger partial charge in [-0.15, -0.1) is 0 Å². The van der Waals surface area contributed by atoms with Gasteiger partial charge in [-0.1, -0.05) is 18.2 Å². The van der Waals surface area contributed by atoms with Crippen LogP contribution in [0.15, 0.2) is 24.3 Å². The molecule has 0 spiro atoms. The van der Waals surface area contributed by atoms with E-state index in [1.54, 1.807) is 0 Å². The molecule has 1 aliphatic heterocycles. The number of hydrogen-bond acceptors (Lipinski definition) is 4. The number of rotatable bonds is 5. The second-order valence-corrected chi connectivity index (χ2v) is 5.87. The molecular weight excluding hydrogens is 252 g/mol. The fourth-order valence-corrected chi connectivity index (χ4v) is 2.92. The molecule has 1 fully saturated rings. The van der Waals surface area contributed by atoms with Crippen molar-refractivity contribution in [2.24, 2.45) is 0 Å². The number of ether oxygens (including phenoxy) is 1. The summed E-state index contributed by atoms with van der Waals surface area (Å²) in [5.74, 6) is 0. The Morgan fingerprint density at radius 3 is 2.40 bits per heavy atom. The van der Waals surface area contributed by atoms with Crippen LogP contribution < -0.4 is 4.90 Å². The lowest BCUT2D eigenvalue weighted by Gasteiger charge is -2.43. The molecule has 0 bridgehead atoms. The molecule has 1 saturated heterocycles. The number of aliphatic hydroxyl groups excluding tert-OH is 1. The maximum Gasteiger partial charge on any atom is 0.0617 e. The molecule has 0 unspecified atom stereocenters. The molecule has 0 aromatic heterocycles. The van der Waals surface area contributed by atoms with Gasteiger partial charge in [-0.25, -0.2) is 0 Å². The Morgan fingerprint density at radius 2 is 1.80 bits per heavy atom. The lowest BCUT2D eigenvalue weighted by molar-refractivity contribution is -0.0493. The van der Waals surface area contributed by atoms with Gasteiger partial charge < -0.3 is 14.7 Å². The standard InChI is InChI=1S/C16H26N2O2/c1-17(2)15-7-5-4-6-14(15)12-18(3)16(13-19)8-10-20-11-9-16/h4-7,19H,8-13H2,1-3H3. The number of para-hydroxylation sites is 1. The maximum absolute atomic E-state index is 9.86. The summed E-state index contributed by atoms with van der Waals surface area (Å²) in [6, 6.07) is 8.44. The van der Waals surface area contributed by atoms with Crippen molar-refractivity contribution in [1.29, 1.82) is 0 Å². The fraction of sp³-hybridized carbons (Fsp3) is 0.625. The average molecular weight is 278 g/mol. The van der Waals surface area contributed by atoms with Crippen molar-refractivity contribution in [3.63, 3.8) is 0 Å². The molecule has 1 N–H and O–H groups in total. The van der Waals surface area contributed by atoms with E-state index in [4.69, 9.17) is 4.74 Å². The van der Waals surface area contributed by atoms with E-state index in [9.17, 15) is 5.11 Å². The first-order valence-electron chi connectivity index (χ1n) is 7.24. The van der Waals surface area contributed by atoms with Crippen molar-refractivity contribution >= 4 is 5.69 Å². The predicted octanol–water partition coefficient (Wildman–Crippen LogP) is 1.73. The summed E-state index contributed by atoms with van der Waals surface area (Å²) in [6.45, 7) is 2.51. The Bertz CT molecular complexity index is 428. The van der Waals surface area contributed by atoms with Gasteiger partial charge in [0.15, 0.2) is 0 Å². The number of hydrogen-bond donors (Lipinski definition) is 1. The summed E-state index contributed by atoms with van der Waals surface area (Å²) < 4.78 is 5.44. The zero-order valence-corrected chi connectivity index (χ0v) is 12.8. The van der Waals surface area contributed by atoms with Gasteiger partial charge in [-0.05, 0) is 31.5 Å². The van der Waals surface area contributed by atoms with Crippen LogP contribution in [0.5, 0.6) is 0 Å². The minimum absolute atomic E-state index is 0.141. The molecule has 0 radical (unpaired) electrons. The summed E-state index contributed by atoms with van der Waals surface area (Å²) in [5, 5.41) is 9.86. The van der Waals surface area contributed by atoms with Crippen LogP contribution in [-0.2, 0) is 11.3 Å². The van der Waals surface area contributed by atoms with Crippen molar-refractivity contribution < 1.29 is 9.84 Å². The molecule has 112 valence electrons. The lowest BCUT2D eigenvalue weighted by atomic mass is 9.89. The van der Waals surface area contributed by atoms with Crippen LogP contribution in [0.4, 0.5) is 5.69 Å². The highest BCUT2D eigenvalue weighted by atomic mass is 16.5. The van der Waals surface area contributed by atoms with Gasteiger partial charge in [0.05, 0.1) is 6.61 Å². The third kappa shape index (κ3) is 3.14. The summed E-state index contributed by atoms with van der Waals surface area (Å²) in [7, 11) is 6.23. The van der Waals surface area contributed by atoms with Gasteiger partial charge in [0.1, 0.15) is 0 Å². The van der Waals surface area contributed by atoms with Gasteiger partial charge in [-0.3, -0.25) is 4.90 Å². The minimum atomic E-state index is -0.141. The van der Waals surface area contributed by atoms with Crippen molar-refractivity contribution in [1.82, 2.24) is 4.90 Å². The van der Waals surface area contributed by atoms with E-state index in [1.165, 1.54) is 11.3 Å². The summed E-state index contributed by atoms with van der Waals surface area (Å²) in [4.78, 5) is 4.43. The molecule has 0 aliphatic carbocycles. The Morgan fingerprint density at radius 1 is 1.15 bits per heavy atom. The fourth-order valence-electron chi connectivity index (χ4n) is 2.92. The van der Waals surface area contributed by atoms with E-state index >= 15 is 0 Å². The smallest absolute Gasteiger partial charge is 0.0617 e. The van der Waals surface area contributed by atoms with Crippen LogP contribution in [0.25, 0.3) is 0 Å². The summed E-state index contributed by atoms with van der Waals surface area (Å²) >= 11 is 0. The first-order valence-corrected chi connectivity index (χ1v) is 7.24. The zero-order valence-electron chi connectivity index (χ0n) is 12.8. The number of likely N-dealkylation sites (N-methyl/N-ethyl adjacent to an activating group) is 1. The SMILES string of the molecule is CN(C)c1ccccc1CN(C)C1(CO)CCOCC1. The molecule has 0 amide bonds. The van der Waals surface area contributed by atoms with Crippen molar-refractivity contribution in [2.45, 2.75) is 24.9 Å². The Hall–Kier alpha value is -1.10. The van der Waals surface area contributed by atoms with Crippen molar-refractivity contribution in [3.8, 4) is 0 Å². The molecule has 1 heterocycles. The molecule has 1 aromatic rings. The van der Waals surface area contributed by atoms with E-state index in [0.717, 1.165) is 32.6 Å². The number of aliphatic hydroxyl groups is 1. The van der Waals surface area contributed by atoms with Gasteiger partial charge in [-0.2, -0.15) is 0 Å². The second kappa shape index (κ2) is 6.57. The molecule has 2 rings (SSSR count). The molecular formula is C16H26N2O2. The molecule has 1 aliphatic rings. The third-order valence-electron chi connectivity index (χ3n) is 4.41. The van der Waals surface area contributed by atoms with Crippen LogP contribution in [0.2, 0.25) is 0 Å². The van der Waals surface area contributed by atoms with Gasteiger partial charge >= 0.3 is 0 Å². The zero-order chi connectivity index (χ0) is 14.6. The molecule has 1 aromatic carbocycles.